The summed E-state index contributed by atoms with van der Waals surface area (Å²) in [5, 5.41) is 3.22. The molecule has 1 aliphatic rings. The van der Waals surface area contributed by atoms with E-state index in [9.17, 15) is 4.79 Å². The van der Waals surface area contributed by atoms with Crippen LogP contribution >= 0.6 is 0 Å². The van der Waals surface area contributed by atoms with Gasteiger partial charge in [-0.1, -0.05) is 31.0 Å². The van der Waals surface area contributed by atoms with Crippen LogP contribution in [0.2, 0.25) is 0 Å². The number of carbonyl (C=O) groups is 1. The van der Waals surface area contributed by atoms with Gasteiger partial charge in [-0.2, -0.15) is 0 Å². The van der Waals surface area contributed by atoms with Crippen molar-refractivity contribution in [3.05, 3.63) is 30.3 Å². The van der Waals surface area contributed by atoms with Crippen LogP contribution in [0.4, 0.5) is 5.69 Å². The number of nitrogens with one attached hydrogen (secondary N) is 1. The average molecular weight is 261 g/mol. The van der Waals surface area contributed by atoms with Gasteiger partial charge < -0.3 is 10.1 Å². The number of carbonyl (C=O) groups excluding carboxylic acids is 1. The monoisotopic (exact) mass is 261 g/mol. The first-order valence-electron chi connectivity index (χ1n) is 7.33. The first kappa shape index (κ1) is 13.9. The topological polar surface area (TPSA) is 38.3 Å². The van der Waals surface area contributed by atoms with Crippen LogP contribution in [-0.2, 0) is 9.53 Å². The van der Waals surface area contributed by atoms with Crippen molar-refractivity contribution in [2.45, 2.75) is 51.0 Å². The number of ether oxygens (including phenoxy) is 1. The summed E-state index contributed by atoms with van der Waals surface area (Å²) in [7, 11) is 0. The second-order valence-electron chi connectivity index (χ2n) is 5.15. The van der Waals surface area contributed by atoms with Crippen molar-refractivity contribution in [2.24, 2.45) is 0 Å². The summed E-state index contributed by atoms with van der Waals surface area (Å²) in [5.41, 5.74) is 1.05. The Bertz CT molecular complexity index is 370. The molecular formula is C16H23NO2. The van der Waals surface area contributed by atoms with Gasteiger partial charge in [0.15, 0.2) is 0 Å². The van der Waals surface area contributed by atoms with Gasteiger partial charge in [0.1, 0.15) is 6.10 Å². The smallest absolute Gasteiger partial charge is 0.307 e. The molecule has 19 heavy (non-hydrogen) atoms. The van der Waals surface area contributed by atoms with Gasteiger partial charge in [-0.25, -0.2) is 0 Å². The van der Waals surface area contributed by atoms with Crippen molar-refractivity contribution < 1.29 is 9.53 Å². The molecule has 104 valence electrons. The van der Waals surface area contributed by atoms with E-state index in [1.54, 1.807) is 0 Å². The Morgan fingerprint density at radius 3 is 2.47 bits per heavy atom. The molecule has 0 unspecified atom stereocenters. The number of rotatable bonds is 5. The molecule has 0 atom stereocenters. The second-order valence-corrected chi connectivity index (χ2v) is 5.15. The molecule has 3 heteroatoms. The Kier molecular flexibility index (Phi) is 5.73. The average Bonchev–Trinajstić information content (AvgIpc) is 2.68. The molecule has 1 N–H and O–H groups in total. The standard InChI is InChI=1S/C16H23NO2/c18-16(19-15-10-6-1-2-7-11-15)12-13-17-14-8-4-3-5-9-14/h3-5,8-9,15,17H,1-2,6-7,10-13H2. The molecule has 3 nitrogen and oxygen atoms in total. The van der Waals surface area contributed by atoms with Crippen molar-refractivity contribution >= 4 is 11.7 Å². The van der Waals surface area contributed by atoms with Gasteiger partial charge in [0, 0.05) is 12.2 Å². The molecule has 0 radical (unpaired) electrons. The van der Waals surface area contributed by atoms with E-state index < -0.39 is 0 Å². The summed E-state index contributed by atoms with van der Waals surface area (Å²) in [6.07, 6.45) is 7.63. The molecule has 0 saturated heterocycles. The predicted molar refractivity (Wildman–Crippen MR) is 77.1 cm³/mol. The number of hydrogen-bond donors (Lipinski definition) is 1. The molecule has 2 rings (SSSR count). The van der Waals surface area contributed by atoms with Crippen LogP contribution in [0.25, 0.3) is 0 Å². The molecule has 1 saturated carbocycles. The molecule has 0 heterocycles. The third kappa shape index (κ3) is 5.33. The Labute approximate surface area is 115 Å². The first-order chi connectivity index (χ1) is 9.34. The lowest BCUT2D eigenvalue weighted by molar-refractivity contribution is -0.149. The van der Waals surface area contributed by atoms with E-state index >= 15 is 0 Å². The Morgan fingerprint density at radius 2 is 1.79 bits per heavy atom. The summed E-state index contributed by atoms with van der Waals surface area (Å²) in [6, 6.07) is 9.93. The Morgan fingerprint density at radius 1 is 1.11 bits per heavy atom. The van der Waals surface area contributed by atoms with E-state index in [-0.39, 0.29) is 12.1 Å². The van der Waals surface area contributed by atoms with E-state index in [2.05, 4.69) is 5.32 Å². The minimum absolute atomic E-state index is 0.0738. The van der Waals surface area contributed by atoms with Gasteiger partial charge in [0.2, 0.25) is 0 Å². The van der Waals surface area contributed by atoms with Gasteiger partial charge in [0.05, 0.1) is 6.42 Å². The van der Waals surface area contributed by atoms with E-state index in [1.165, 1.54) is 25.7 Å². The summed E-state index contributed by atoms with van der Waals surface area (Å²) >= 11 is 0. The number of anilines is 1. The highest BCUT2D eigenvalue weighted by molar-refractivity contribution is 5.70. The van der Waals surface area contributed by atoms with Gasteiger partial charge in [-0.3, -0.25) is 4.79 Å². The number of esters is 1. The highest BCUT2D eigenvalue weighted by Gasteiger charge is 2.16. The predicted octanol–water partition coefficient (Wildman–Crippen LogP) is 3.75. The molecule has 0 aromatic heterocycles. The first-order valence-corrected chi connectivity index (χ1v) is 7.33. The van der Waals surface area contributed by atoms with Crippen LogP contribution < -0.4 is 5.32 Å². The van der Waals surface area contributed by atoms with Gasteiger partial charge in [-0.15, -0.1) is 0 Å². The van der Waals surface area contributed by atoms with Crippen molar-refractivity contribution in [1.82, 2.24) is 0 Å². The Hall–Kier alpha value is -1.51. The zero-order valence-corrected chi connectivity index (χ0v) is 11.4. The SMILES string of the molecule is O=C(CCNc1ccccc1)OC1CCCCCC1. The summed E-state index contributed by atoms with van der Waals surface area (Å²) in [5.74, 6) is -0.0738. The van der Waals surface area contributed by atoms with Crippen LogP contribution in [0, 0.1) is 0 Å². The van der Waals surface area contributed by atoms with Crippen LogP contribution in [-0.4, -0.2) is 18.6 Å². The maximum atomic E-state index is 11.8. The minimum atomic E-state index is -0.0738. The quantitative estimate of drug-likeness (QED) is 0.648. The molecule has 1 aliphatic carbocycles. The Balaban J connectivity index is 1.64. The molecule has 0 bridgehead atoms. The molecule has 1 fully saturated rings. The highest BCUT2D eigenvalue weighted by Crippen LogP contribution is 2.20. The minimum Gasteiger partial charge on any atom is -0.462 e. The van der Waals surface area contributed by atoms with Crippen LogP contribution in [0.5, 0.6) is 0 Å². The zero-order chi connectivity index (χ0) is 13.3. The number of para-hydroxylation sites is 1. The van der Waals surface area contributed by atoms with Crippen LogP contribution in [0.1, 0.15) is 44.9 Å². The largest absolute Gasteiger partial charge is 0.462 e. The third-order valence-electron chi connectivity index (χ3n) is 3.53. The molecule has 0 spiro atoms. The fraction of sp³-hybridized carbons (Fsp3) is 0.562. The molecule has 0 aliphatic heterocycles. The van der Waals surface area contributed by atoms with Gasteiger partial charge >= 0.3 is 5.97 Å². The van der Waals surface area contributed by atoms with Crippen molar-refractivity contribution in [2.75, 3.05) is 11.9 Å². The summed E-state index contributed by atoms with van der Waals surface area (Å²) in [4.78, 5) is 11.8. The second kappa shape index (κ2) is 7.82. The number of benzene rings is 1. The van der Waals surface area contributed by atoms with Crippen molar-refractivity contribution in [1.29, 1.82) is 0 Å². The van der Waals surface area contributed by atoms with Crippen molar-refractivity contribution in [3.63, 3.8) is 0 Å². The van der Waals surface area contributed by atoms with Gasteiger partial charge in [-0.05, 0) is 37.8 Å². The van der Waals surface area contributed by atoms with E-state index in [0.717, 1.165) is 18.5 Å². The summed E-state index contributed by atoms with van der Waals surface area (Å²) in [6.45, 7) is 0.634. The van der Waals surface area contributed by atoms with Gasteiger partial charge in [0.25, 0.3) is 0 Å². The van der Waals surface area contributed by atoms with E-state index in [4.69, 9.17) is 4.74 Å². The highest BCUT2D eigenvalue weighted by atomic mass is 16.5. The number of hydrogen-bond acceptors (Lipinski definition) is 3. The fourth-order valence-corrected chi connectivity index (χ4v) is 2.47. The molecule has 0 amide bonds. The van der Waals surface area contributed by atoms with Crippen LogP contribution in [0.3, 0.4) is 0 Å². The van der Waals surface area contributed by atoms with Crippen LogP contribution in [0.15, 0.2) is 30.3 Å². The lowest BCUT2D eigenvalue weighted by Gasteiger charge is -2.15. The molecule has 1 aromatic rings. The fourth-order valence-electron chi connectivity index (χ4n) is 2.47. The maximum Gasteiger partial charge on any atom is 0.307 e. The zero-order valence-electron chi connectivity index (χ0n) is 11.4. The van der Waals surface area contributed by atoms with E-state index in [0.29, 0.717) is 13.0 Å². The normalized spacial score (nSPS) is 16.6. The lowest BCUT2D eigenvalue weighted by Crippen LogP contribution is -2.19. The van der Waals surface area contributed by atoms with Crippen molar-refractivity contribution in [3.8, 4) is 0 Å². The molecule has 1 aromatic carbocycles. The third-order valence-corrected chi connectivity index (χ3v) is 3.53. The molecular weight excluding hydrogens is 238 g/mol. The lowest BCUT2D eigenvalue weighted by atomic mass is 10.1. The maximum absolute atomic E-state index is 11.8. The summed E-state index contributed by atoms with van der Waals surface area (Å²) < 4.78 is 5.53. The van der Waals surface area contributed by atoms with E-state index in [1.807, 2.05) is 30.3 Å².